The van der Waals surface area contributed by atoms with E-state index in [1.54, 1.807) is 11.5 Å². The van der Waals surface area contributed by atoms with Crippen molar-refractivity contribution in [3.63, 3.8) is 0 Å². The number of carbonyl (C=O) groups excluding carboxylic acids is 1. The van der Waals surface area contributed by atoms with Crippen LogP contribution in [0.5, 0.6) is 0 Å². The Morgan fingerprint density at radius 3 is 2.63 bits per heavy atom. The minimum Gasteiger partial charge on any atom is -0.317 e. The minimum atomic E-state index is -0.718. The predicted molar refractivity (Wildman–Crippen MR) is 107 cm³/mol. The van der Waals surface area contributed by atoms with Gasteiger partial charge in [0.05, 0.1) is 0 Å². The molecule has 0 spiro atoms. The van der Waals surface area contributed by atoms with Crippen LogP contribution in [-0.4, -0.2) is 43.5 Å². The van der Waals surface area contributed by atoms with Gasteiger partial charge in [-0.15, -0.1) is 22.6 Å². The summed E-state index contributed by atoms with van der Waals surface area (Å²) in [4.78, 5) is 25.3. The molecule has 1 aliphatic rings. The fraction of sp³-hybridized carbons (Fsp3) is 0.688. The Kier molecular flexibility index (Phi) is 7.51. The highest BCUT2D eigenvalue weighted by molar-refractivity contribution is 7.15. The van der Waals surface area contributed by atoms with Crippen LogP contribution in [0.25, 0.3) is 0 Å². The molecule has 1 unspecified atom stereocenters. The quantitative estimate of drug-likeness (QED) is 0.741. The maximum Gasteiger partial charge on any atom is 0.346 e. The SMILES string of the molecule is CCc1nnc(NC(=O)C(C)n2nc(C3CCNCC3)n(CC)c2=O)s1.Cl. The molecule has 11 heteroatoms. The summed E-state index contributed by atoms with van der Waals surface area (Å²) < 4.78 is 2.97. The maximum atomic E-state index is 12.8. The molecular formula is C16H26ClN7O2S. The van der Waals surface area contributed by atoms with Crippen LogP contribution in [0.2, 0.25) is 0 Å². The van der Waals surface area contributed by atoms with Crippen LogP contribution >= 0.6 is 23.7 Å². The van der Waals surface area contributed by atoms with E-state index >= 15 is 0 Å². The number of hydrogen-bond acceptors (Lipinski definition) is 7. The minimum absolute atomic E-state index is 0. The van der Waals surface area contributed by atoms with Crippen molar-refractivity contribution in [3.05, 3.63) is 21.3 Å². The van der Waals surface area contributed by atoms with Crippen LogP contribution < -0.4 is 16.3 Å². The zero-order valence-electron chi connectivity index (χ0n) is 15.8. The molecule has 2 aromatic rings. The van der Waals surface area contributed by atoms with E-state index in [0.717, 1.165) is 43.2 Å². The van der Waals surface area contributed by atoms with Crippen LogP contribution in [0.15, 0.2) is 4.79 Å². The number of piperidine rings is 1. The maximum absolute atomic E-state index is 12.8. The van der Waals surface area contributed by atoms with Crippen molar-refractivity contribution in [3.8, 4) is 0 Å². The lowest BCUT2D eigenvalue weighted by atomic mass is 9.97. The van der Waals surface area contributed by atoms with Gasteiger partial charge in [0.25, 0.3) is 5.91 Å². The first-order valence-corrected chi connectivity index (χ1v) is 9.90. The first-order chi connectivity index (χ1) is 12.5. The molecule has 1 saturated heterocycles. The number of nitrogens with one attached hydrogen (secondary N) is 2. The van der Waals surface area contributed by atoms with Gasteiger partial charge >= 0.3 is 5.69 Å². The third-order valence-corrected chi connectivity index (χ3v) is 5.66. The summed E-state index contributed by atoms with van der Waals surface area (Å²) in [5.74, 6) is 0.710. The van der Waals surface area contributed by atoms with E-state index in [0.29, 0.717) is 11.7 Å². The van der Waals surface area contributed by atoms with Crippen LogP contribution in [0, 0.1) is 0 Å². The molecule has 3 heterocycles. The van der Waals surface area contributed by atoms with E-state index in [1.165, 1.54) is 16.0 Å². The van der Waals surface area contributed by atoms with Gasteiger partial charge in [0.15, 0.2) is 0 Å². The molecule has 3 rings (SSSR count). The molecule has 0 aliphatic carbocycles. The number of aromatic nitrogens is 5. The third kappa shape index (κ3) is 4.56. The first kappa shape index (κ1) is 21.5. The first-order valence-electron chi connectivity index (χ1n) is 9.08. The second-order valence-electron chi connectivity index (χ2n) is 6.37. The summed E-state index contributed by atoms with van der Waals surface area (Å²) >= 11 is 1.34. The average Bonchev–Trinajstić information content (AvgIpc) is 3.25. The van der Waals surface area contributed by atoms with E-state index < -0.39 is 6.04 Å². The topological polar surface area (TPSA) is 107 Å². The van der Waals surface area contributed by atoms with Gasteiger partial charge in [0, 0.05) is 12.5 Å². The molecule has 1 atom stereocenters. The van der Waals surface area contributed by atoms with Crippen LogP contribution in [-0.2, 0) is 17.8 Å². The highest BCUT2D eigenvalue weighted by Crippen LogP contribution is 2.23. The number of aryl methyl sites for hydroxylation is 1. The lowest BCUT2D eigenvalue weighted by Crippen LogP contribution is -2.33. The summed E-state index contributed by atoms with van der Waals surface area (Å²) in [6.45, 7) is 7.97. The molecule has 2 N–H and O–H groups in total. The number of anilines is 1. The number of halogens is 1. The summed E-state index contributed by atoms with van der Waals surface area (Å²) in [6.07, 6.45) is 2.66. The highest BCUT2D eigenvalue weighted by atomic mass is 35.5. The Bertz CT molecular complexity index is 825. The van der Waals surface area contributed by atoms with Gasteiger partial charge in [-0.05, 0) is 46.2 Å². The van der Waals surface area contributed by atoms with Crippen LogP contribution in [0.1, 0.15) is 56.4 Å². The lowest BCUT2D eigenvalue weighted by molar-refractivity contribution is -0.119. The molecule has 0 saturated carbocycles. The lowest BCUT2D eigenvalue weighted by Gasteiger charge is -2.21. The fourth-order valence-corrected chi connectivity index (χ4v) is 3.81. The Balaban J connectivity index is 0.00000261. The molecular weight excluding hydrogens is 390 g/mol. The molecule has 0 bridgehead atoms. The van der Waals surface area contributed by atoms with Crippen molar-refractivity contribution in [1.29, 1.82) is 0 Å². The summed E-state index contributed by atoms with van der Waals surface area (Å²) in [5.41, 5.74) is -0.241. The van der Waals surface area contributed by atoms with E-state index in [2.05, 4.69) is 25.9 Å². The molecule has 0 aromatic carbocycles. The van der Waals surface area contributed by atoms with Crippen molar-refractivity contribution < 1.29 is 4.79 Å². The average molecular weight is 416 g/mol. The Morgan fingerprint density at radius 1 is 1.33 bits per heavy atom. The third-order valence-electron chi connectivity index (χ3n) is 4.68. The Morgan fingerprint density at radius 2 is 2.04 bits per heavy atom. The second-order valence-corrected chi connectivity index (χ2v) is 7.44. The summed E-state index contributed by atoms with van der Waals surface area (Å²) in [5, 5.41) is 19.8. The van der Waals surface area contributed by atoms with Crippen LogP contribution in [0.3, 0.4) is 0 Å². The molecule has 1 aliphatic heterocycles. The van der Waals surface area contributed by atoms with Crippen molar-refractivity contribution in [2.75, 3.05) is 18.4 Å². The summed E-state index contributed by atoms with van der Waals surface area (Å²) in [7, 11) is 0. The van der Waals surface area contributed by atoms with Gasteiger partial charge < -0.3 is 5.32 Å². The number of carbonyl (C=O) groups is 1. The van der Waals surface area contributed by atoms with Gasteiger partial charge in [0.1, 0.15) is 16.9 Å². The van der Waals surface area contributed by atoms with Crippen LogP contribution in [0.4, 0.5) is 5.13 Å². The number of hydrogen-bond donors (Lipinski definition) is 2. The highest BCUT2D eigenvalue weighted by Gasteiger charge is 2.27. The second kappa shape index (κ2) is 9.43. The zero-order chi connectivity index (χ0) is 18.7. The van der Waals surface area contributed by atoms with Crippen molar-refractivity contribution in [2.45, 2.75) is 58.5 Å². The predicted octanol–water partition coefficient (Wildman–Crippen LogP) is 1.57. The van der Waals surface area contributed by atoms with Gasteiger partial charge in [0.2, 0.25) is 5.13 Å². The smallest absolute Gasteiger partial charge is 0.317 e. The largest absolute Gasteiger partial charge is 0.346 e. The molecule has 0 radical (unpaired) electrons. The Hall–Kier alpha value is -1.78. The number of amides is 1. The van der Waals surface area contributed by atoms with E-state index in [-0.39, 0.29) is 29.9 Å². The molecule has 2 aromatic heterocycles. The van der Waals surface area contributed by atoms with Crippen molar-refractivity contribution >= 4 is 34.8 Å². The molecule has 150 valence electrons. The van der Waals surface area contributed by atoms with E-state index in [9.17, 15) is 9.59 Å². The molecule has 1 fully saturated rings. The monoisotopic (exact) mass is 415 g/mol. The zero-order valence-corrected chi connectivity index (χ0v) is 17.4. The van der Waals surface area contributed by atoms with E-state index in [1.807, 2.05) is 13.8 Å². The van der Waals surface area contributed by atoms with Gasteiger partial charge in [-0.25, -0.2) is 9.48 Å². The van der Waals surface area contributed by atoms with Gasteiger partial charge in [-0.2, -0.15) is 5.10 Å². The molecule has 27 heavy (non-hydrogen) atoms. The van der Waals surface area contributed by atoms with Crippen molar-refractivity contribution in [2.24, 2.45) is 0 Å². The number of rotatable bonds is 6. The molecule has 1 amide bonds. The van der Waals surface area contributed by atoms with Crippen molar-refractivity contribution in [1.82, 2.24) is 29.9 Å². The molecule has 9 nitrogen and oxygen atoms in total. The standard InChI is InChI=1S/C16H25N7O2S.ClH/c1-4-12-19-20-15(26-12)18-14(24)10(3)23-16(25)22(5-2)13(21-23)11-6-8-17-9-7-11;/h10-11,17H,4-9H2,1-3H3,(H,18,20,24);1H. The normalized spacial score (nSPS) is 16.0. The summed E-state index contributed by atoms with van der Waals surface area (Å²) in [6, 6.07) is -0.718. The Labute approximate surface area is 168 Å². The van der Waals surface area contributed by atoms with Gasteiger partial charge in [-0.1, -0.05) is 18.3 Å². The van der Waals surface area contributed by atoms with Gasteiger partial charge in [-0.3, -0.25) is 14.7 Å². The number of nitrogens with zero attached hydrogens (tertiary/aromatic N) is 5. The fourth-order valence-electron chi connectivity index (χ4n) is 3.13. The van der Waals surface area contributed by atoms with E-state index in [4.69, 9.17) is 0 Å².